The summed E-state index contributed by atoms with van der Waals surface area (Å²) in [4.78, 5) is 0.192. The number of aliphatic hydroxyl groups is 2. The van der Waals surface area contributed by atoms with Crippen molar-refractivity contribution in [2.45, 2.75) is 24.2 Å². The molecule has 0 bridgehead atoms. The van der Waals surface area contributed by atoms with E-state index in [1.807, 2.05) is 0 Å². The van der Waals surface area contributed by atoms with E-state index in [4.69, 9.17) is 10.2 Å². The Hall–Kier alpha value is -1.39. The van der Waals surface area contributed by atoms with Gasteiger partial charge in [-0.05, 0) is 37.5 Å². The van der Waals surface area contributed by atoms with Crippen LogP contribution in [0.25, 0.3) is 0 Å². The highest BCUT2D eigenvalue weighted by molar-refractivity contribution is 7.89. The van der Waals surface area contributed by atoms with Crippen LogP contribution in [0.5, 0.6) is 0 Å². The monoisotopic (exact) mass is 311 g/mol. The summed E-state index contributed by atoms with van der Waals surface area (Å²) >= 11 is 0. The molecule has 5 nitrogen and oxygen atoms in total. The molecule has 0 fully saturated rings. The van der Waals surface area contributed by atoms with Gasteiger partial charge in [0.15, 0.2) is 0 Å². The zero-order valence-corrected chi connectivity index (χ0v) is 12.9. The molecule has 116 valence electrons. The molecule has 1 aromatic rings. The van der Waals surface area contributed by atoms with E-state index in [2.05, 4.69) is 11.8 Å². The summed E-state index contributed by atoms with van der Waals surface area (Å²) in [6.07, 6.45) is 2.18. The van der Waals surface area contributed by atoms with E-state index < -0.39 is 10.0 Å². The second-order valence-electron chi connectivity index (χ2n) is 4.60. The minimum atomic E-state index is -3.53. The maximum atomic E-state index is 12.4. The summed E-state index contributed by atoms with van der Waals surface area (Å²) in [5, 5.41) is 17.4. The number of nitrogens with zero attached hydrogens (tertiary/aromatic N) is 1. The number of hydrogen-bond donors (Lipinski definition) is 2. The first-order chi connectivity index (χ1) is 10.0. The van der Waals surface area contributed by atoms with Gasteiger partial charge in [0.2, 0.25) is 10.0 Å². The fourth-order valence-electron chi connectivity index (χ4n) is 1.80. The quantitative estimate of drug-likeness (QED) is 0.577. The highest BCUT2D eigenvalue weighted by atomic mass is 32.2. The van der Waals surface area contributed by atoms with Crippen molar-refractivity contribution in [3.8, 4) is 11.8 Å². The molecule has 0 amide bonds. The zero-order valence-electron chi connectivity index (χ0n) is 12.1. The second-order valence-corrected chi connectivity index (χ2v) is 6.64. The Morgan fingerprint density at radius 3 is 2.62 bits per heavy atom. The van der Waals surface area contributed by atoms with Gasteiger partial charge in [0.1, 0.15) is 6.61 Å². The van der Waals surface area contributed by atoms with Crippen LogP contribution in [0.1, 0.15) is 24.8 Å². The number of hydrogen-bond acceptors (Lipinski definition) is 4. The lowest BCUT2D eigenvalue weighted by Crippen LogP contribution is -2.28. The molecule has 0 unspecified atom stereocenters. The Kier molecular flexibility index (Phi) is 7.40. The van der Waals surface area contributed by atoms with Crippen LogP contribution < -0.4 is 0 Å². The highest BCUT2D eigenvalue weighted by Gasteiger charge is 2.20. The molecule has 0 saturated heterocycles. The predicted octanol–water partition coefficient (Wildman–Crippen LogP) is 0.814. The Bertz CT molecular complexity index is 602. The van der Waals surface area contributed by atoms with Gasteiger partial charge in [-0.1, -0.05) is 17.9 Å². The predicted molar refractivity (Wildman–Crippen MR) is 81.2 cm³/mol. The van der Waals surface area contributed by atoms with Gasteiger partial charge in [0.05, 0.1) is 4.90 Å². The second kappa shape index (κ2) is 8.80. The maximum Gasteiger partial charge on any atom is 0.242 e. The van der Waals surface area contributed by atoms with Crippen molar-refractivity contribution in [3.05, 3.63) is 29.8 Å². The fraction of sp³-hybridized carbons (Fsp3) is 0.467. The smallest absolute Gasteiger partial charge is 0.242 e. The molecule has 0 aliphatic rings. The Morgan fingerprint density at radius 1 is 1.19 bits per heavy atom. The fourth-order valence-corrected chi connectivity index (χ4v) is 3.05. The lowest BCUT2D eigenvalue weighted by Gasteiger charge is -2.17. The van der Waals surface area contributed by atoms with Crippen molar-refractivity contribution in [1.82, 2.24) is 4.31 Å². The van der Waals surface area contributed by atoms with Gasteiger partial charge in [0, 0.05) is 25.8 Å². The van der Waals surface area contributed by atoms with Crippen molar-refractivity contribution in [1.29, 1.82) is 0 Å². The highest BCUT2D eigenvalue weighted by Crippen LogP contribution is 2.16. The van der Waals surface area contributed by atoms with E-state index in [0.717, 1.165) is 6.42 Å². The Morgan fingerprint density at radius 2 is 1.95 bits per heavy atom. The van der Waals surface area contributed by atoms with Crippen molar-refractivity contribution >= 4 is 10.0 Å². The molecular formula is C15H21NO4S. The van der Waals surface area contributed by atoms with Crippen LogP contribution in [0, 0.1) is 11.8 Å². The standard InChI is InChI=1S/C15H21NO4S/c1-16(10-3-2-4-11-17)21(19,20)15-9-5-7-14(13-15)8-6-12-18/h5,7,9,13,17-18H,2-4,10-12H2,1H3. The number of unbranched alkanes of at least 4 members (excludes halogenated alkanes) is 2. The molecule has 1 rings (SSSR count). The van der Waals surface area contributed by atoms with Gasteiger partial charge in [-0.15, -0.1) is 0 Å². The number of sulfonamides is 1. The molecule has 0 radical (unpaired) electrons. The third-order valence-corrected chi connectivity index (χ3v) is 4.84. The minimum Gasteiger partial charge on any atom is -0.396 e. The third-order valence-electron chi connectivity index (χ3n) is 2.99. The number of benzene rings is 1. The van der Waals surface area contributed by atoms with Crippen LogP contribution in [0.2, 0.25) is 0 Å². The first-order valence-electron chi connectivity index (χ1n) is 6.79. The summed E-state index contributed by atoms with van der Waals surface area (Å²) in [6.45, 7) is 0.276. The number of rotatable bonds is 7. The van der Waals surface area contributed by atoms with Crippen molar-refractivity contribution in [3.63, 3.8) is 0 Å². The SMILES string of the molecule is CN(CCCCCO)S(=O)(=O)c1cccc(C#CCO)c1. The average Bonchev–Trinajstić information content (AvgIpc) is 2.49. The van der Waals surface area contributed by atoms with Crippen LogP contribution in [-0.4, -0.2) is 49.7 Å². The van der Waals surface area contributed by atoms with Gasteiger partial charge in [-0.3, -0.25) is 0 Å². The van der Waals surface area contributed by atoms with E-state index >= 15 is 0 Å². The van der Waals surface area contributed by atoms with Gasteiger partial charge < -0.3 is 10.2 Å². The van der Waals surface area contributed by atoms with Crippen LogP contribution in [0.3, 0.4) is 0 Å². The summed E-state index contributed by atoms with van der Waals surface area (Å²) in [5.41, 5.74) is 0.554. The normalized spacial score (nSPS) is 11.2. The molecular weight excluding hydrogens is 290 g/mol. The van der Waals surface area contributed by atoms with E-state index in [0.29, 0.717) is 24.9 Å². The summed E-state index contributed by atoms with van der Waals surface area (Å²) in [7, 11) is -1.99. The molecule has 1 aromatic carbocycles. The molecule has 0 spiro atoms. The molecule has 0 saturated carbocycles. The van der Waals surface area contributed by atoms with E-state index in [1.165, 1.54) is 16.4 Å². The molecule has 0 heterocycles. The van der Waals surface area contributed by atoms with Crippen LogP contribution >= 0.6 is 0 Å². The summed E-state index contributed by atoms with van der Waals surface area (Å²) in [6, 6.07) is 6.36. The maximum absolute atomic E-state index is 12.4. The summed E-state index contributed by atoms with van der Waals surface area (Å²) < 4.78 is 26.1. The van der Waals surface area contributed by atoms with Gasteiger partial charge >= 0.3 is 0 Å². The first kappa shape index (κ1) is 17.7. The lowest BCUT2D eigenvalue weighted by molar-refractivity contribution is 0.281. The average molecular weight is 311 g/mol. The molecule has 21 heavy (non-hydrogen) atoms. The minimum absolute atomic E-state index is 0.127. The molecule has 0 aliphatic heterocycles. The zero-order chi connectivity index (χ0) is 15.7. The Labute approximate surface area is 126 Å². The molecule has 0 aromatic heterocycles. The van der Waals surface area contributed by atoms with Crippen molar-refractivity contribution in [2.75, 3.05) is 26.8 Å². The molecule has 6 heteroatoms. The van der Waals surface area contributed by atoms with Crippen LogP contribution in [-0.2, 0) is 10.0 Å². The van der Waals surface area contributed by atoms with Crippen molar-refractivity contribution < 1.29 is 18.6 Å². The van der Waals surface area contributed by atoms with Crippen LogP contribution in [0.4, 0.5) is 0 Å². The van der Waals surface area contributed by atoms with E-state index in [-0.39, 0.29) is 18.1 Å². The molecule has 0 aliphatic carbocycles. The van der Waals surface area contributed by atoms with Crippen molar-refractivity contribution in [2.24, 2.45) is 0 Å². The third kappa shape index (κ3) is 5.48. The Balaban J connectivity index is 2.81. The van der Waals surface area contributed by atoms with E-state index in [1.54, 1.807) is 19.2 Å². The van der Waals surface area contributed by atoms with E-state index in [9.17, 15) is 8.42 Å². The topological polar surface area (TPSA) is 77.8 Å². The van der Waals surface area contributed by atoms with Gasteiger partial charge in [-0.2, -0.15) is 0 Å². The lowest BCUT2D eigenvalue weighted by atomic mass is 10.2. The molecule has 2 N–H and O–H groups in total. The number of aliphatic hydroxyl groups excluding tert-OH is 2. The van der Waals surface area contributed by atoms with Gasteiger partial charge in [0.25, 0.3) is 0 Å². The largest absolute Gasteiger partial charge is 0.396 e. The molecule has 0 atom stereocenters. The van der Waals surface area contributed by atoms with Crippen LogP contribution in [0.15, 0.2) is 29.2 Å². The summed E-state index contributed by atoms with van der Waals surface area (Å²) in [5.74, 6) is 5.19. The van der Waals surface area contributed by atoms with Gasteiger partial charge in [-0.25, -0.2) is 12.7 Å². The first-order valence-corrected chi connectivity index (χ1v) is 8.23.